The lowest BCUT2D eigenvalue weighted by molar-refractivity contribution is -0.273. The van der Waals surface area contributed by atoms with Gasteiger partial charge in [-0.05, 0) is 341 Å². The number of carbonyl (C=O) groups is 7. The molecule has 2 fully saturated rings. The molecule has 28 heteroatoms. The zero-order chi connectivity index (χ0) is 93.1. The van der Waals surface area contributed by atoms with Gasteiger partial charge < -0.3 is 60.4 Å². The van der Waals surface area contributed by atoms with Crippen molar-refractivity contribution in [2.45, 2.75) is 177 Å². The summed E-state index contributed by atoms with van der Waals surface area (Å²) in [6.45, 7) is 10.5. The number of nitrogens with one attached hydrogen (secondary N) is 1. The minimum absolute atomic E-state index is 0.0603. The number of aliphatic hydroxyl groups is 2. The number of amides is 1. The van der Waals surface area contributed by atoms with Crippen LogP contribution in [0.25, 0.3) is 215 Å². The molecule has 13 aliphatic carbocycles. The maximum absolute atomic E-state index is 16.4. The first-order valence-electron chi connectivity index (χ1n) is 48.2. The number of ketones is 2. The van der Waals surface area contributed by atoms with E-state index >= 15 is 9.59 Å². The minimum Gasteiger partial charge on any atom is -0.507 e. The largest absolute Gasteiger partial charge is 0.507 e. The first-order valence-corrected chi connectivity index (χ1v) is 53.1. The Kier molecular flexibility index (Phi) is 11.9. The van der Waals surface area contributed by atoms with Gasteiger partial charge in [0.15, 0.2) is 12.1 Å². The van der Waals surface area contributed by atoms with Gasteiger partial charge in [-0.15, -0.1) is 69.1 Å². The summed E-state index contributed by atoms with van der Waals surface area (Å²) < 4.78 is 13.6. The molecule has 0 aromatic heterocycles. The highest BCUT2D eigenvalue weighted by atomic mass is 32.2. The molecular formula is C111H69N4O19S5. The Morgan fingerprint density at radius 2 is 0.842 bits per heavy atom. The molecule has 0 saturated carbocycles. The van der Waals surface area contributed by atoms with E-state index in [1.165, 1.54) is 296 Å². The molecule has 9 N–H and O–H groups in total. The summed E-state index contributed by atoms with van der Waals surface area (Å²) in [6, 6.07) is 3.41. The maximum atomic E-state index is 16.4. The van der Waals surface area contributed by atoms with Gasteiger partial charge in [0.25, 0.3) is 0 Å². The monoisotopic (exact) mass is 1920 g/mol. The zero-order valence-corrected chi connectivity index (χ0v) is 78.8. The first kappa shape index (κ1) is 76.2. The molecule has 2 heterocycles. The van der Waals surface area contributed by atoms with Crippen molar-refractivity contribution < 1.29 is 93.8 Å². The van der Waals surface area contributed by atoms with E-state index in [0.29, 0.717) is 5.71 Å². The molecule has 2 saturated heterocycles. The molecule has 23 nitrogen and oxygen atoms in total. The highest BCUT2D eigenvalue weighted by Crippen LogP contribution is 2.95. The van der Waals surface area contributed by atoms with E-state index < -0.39 is 147 Å². The van der Waals surface area contributed by atoms with Crippen molar-refractivity contribution in [3.8, 4) is 17.2 Å². The number of phenolic OH excluding ortho intramolecular Hbond substituents is 2. The fraction of sp³-hybridized carbons (Fsp3) is 0.324. The average molecular weight is 1920 g/mol. The topological polar surface area (TPSA) is 369 Å². The van der Waals surface area contributed by atoms with Crippen LogP contribution in [0.5, 0.6) is 17.2 Å². The Morgan fingerprint density at radius 1 is 0.482 bits per heavy atom. The van der Waals surface area contributed by atoms with E-state index in [-0.39, 0.29) is 120 Å². The third-order valence-electron chi connectivity index (χ3n) is 38.3. The second kappa shape index (κ2) is 21.7. The van der Waals surface area contributed by atoms with Gasteiger partial charge in [0.2, 0.25) is 11.7 Å². The summed E-state index contributed by atoms with van der Waals surface area (Å²) in [5, 5.41) is 176. The molecule has 139 heavy (non-hydrogen) atoms. The Hall–Kier alpha value is -11.6. The summed E-state index contributed by atoms with van der Waals surface area (Å²) in [4.78, 5) is 102. The number of carboxylic acids is 4. The van der Waals surface area contributed by atoms with E-state index in [4.69, 9.17) is 19.3 Å². The number of fused-ring (bicyclic) bond motifs is 3. The Morgan fingerprint density at radius 3 is 1.24 bits per heavy atom. The van der Waals surface area contributed by atoms with Crippen LogP contribution in [0.15, 0.2) is 50.7 Å². The van der Waals surface area contributed by atoms with Crippen LogP contribution in [-0.2, 0) is 68.8 Å². The molecule has 1 amide bonds. The number of hydroxylamine groups is 2. The van der Waals surface area contributed by atoms with Gasteiger partial charge in [-0.2, -0.15) is 10.2 Å². The van der Waals surface area contributed by atoms with E-state index in [1.54, 1.807) is 78.7 Å². The summed E-state index contributed by atoms with van der Waals surface area (Å²) >= 11 is 8.85. The smallest absolute Gasteiger partial charge is 0.304 e. The van der Waals surface area contributed by atoms with Crippen LogP contribution < -0.4 is 10.1 Å². The second-order valence-electron chi connectivity index (χ2n) is 44.5. The summed E-state index contributed by atoms with van der Waals surface area (Å²) in [7, 11) is 1.35. The molecule has 12 atom stereocenters. The number of hydrogen-bond donors (Lipinski definition) is 9. The molecule has 1 radical (unpaired) electrons. The van der Waals surface area contributed by atoms with Crippen molar-refractivity contribution in [2.75, 3.05) is 35.9 Å². The number of thioether (sulfide) groups is 5. The van der Waals surface area contributed by atoms with Gasteiger partial charge in [-0.25, -0.2) is 0 Å². The van der Waals surface area contributed by atoms with Crippen molar-refractivity contribution in [1.82, 2.24) is 10.4 Å². The molecule has 2 aliphatic heterocycles. The van der Waals surface area contributed by atoms with E-state index in [9.17, 15) is 70.0 Å². The quantitative estimate of drug-likeness (QED) is 0.0105. The predicted molar refractivity (Wildman–Crippen MR) is 539 cm³/mol. The fourth-order valence-electron chi connectivity index (χ4n) is 35.3. The Bertz CT molecular complexity index is 10300. The number of aliphatic carboxylic acids is 4. The van der Waals surface area contributed by atoms with Gasteiger partial charge in [0.05, 0.1) is 97.2 Å². The molecule has 23 aromatic carbocycles. The number of nitrogens with zero attached hydrogens (tertiary/aromatic N) is 3. The van der Waals surface area contributed by atoms with Crippen molar-refractivity contribution >= 4 is 327 Å². The lowest BCUT2D eigenvalue weighted by atomic mass is 9.55. The SMILES string of the molecule is COc1cccc2c1C(=O)c1c(O)c3c(c(O)c1C2=O)C[C@@](O)(/C(C)=N/N=C1CC(C)(C)N([O])C(C)(C)C1)C[C@@H]3O[C@H]1C[C@H](NC(=O)CCSC23C4=C5C6=C7C4C4(SCCC(=O)O)c8c9c%10c%11c(c%12c%13c%14c(c%15c%16c%17c(c2c2c%18c3c4c3c8c4c%10c8c%10c%11c%13c%11c%13c%14c%16c%14c%16c%17c2c2c%17c%18c3c3c4c8c4c(c%11%10)c(c%13%14)c(c%162)c4c%173)C5%15SCCC(=O)O)C6%12SCCC(=O)O)C79SCCC(=O)O)[C@H](O)[C@H](C)O1. The number of carbonyl (C=O) groups excluding carboxylic acids is 3. The van der Waals surface area contributed by atoms with Crippen molar-refractivity contribution in [1.29, 1.82) is 0 Å². The number of aliphatic hydroxyl groups excluding tert-OH is 1. The molecule has 6 unspecified atom stereocenters. The number of hydrogen-bond acceptors (Lipinski definition) is 22. The van der Waals surface area contributed by atoms with Crippen LogP contribution >= 0.6 is 58.8 Å². The summed E-state index contributed by atoms with van der Waals surface area (Å²) in [6.07, 6.45) is -6.48. The van der Waals surface area contributed by atoms with Gasteiger partial charge >= 0.3 is 23.9 Å². The van der Waals surface area contributed by atoms with E-state index in [2.05, 4.69) is 10.4 Å². The average Bonchev–Trinajstić information content (AvgIpc) is 1.37. The number of benzene rings is 17. The molecular weight excluding hydrogens is 1850 g/mol. The van der Waals surface area contributed by atoms with Crippen molar-refractivity contribution in [2.24, 2.45) is 16.1 Å². The van der Waals surface area contributed by atoms with Crippen molar-refractivity contribution in [3.05, 3.63) is 130 Å². The fourth-order valence-corrected chi connectivity index (χ4v) is 43.6. The lowest BCUT2D eigenvalue weighted by Gasteiger charge is -2.59. The number of piperidine rings is 1. The summed E-state index contributed by atoms with van der Waals surface area (Å²) in [5.74, 6) is -6.56. The number of aromatic hydroxyl groups is 2. The number of ether oxygens (including phenoxy) is 3. The number of rotatable bonds is 26. The van der Waals surface area contributed by atoms with Crippen LogP contribution in [0.4, 0.5) is 0 Å². The van der Waals surface area contributed by atoms with E-state index in [1.807, 2.05) is 27.7 Å². The highest BCUT2D eigenvalue weighted by Gasteiger charge is 2.83. The van der Waals surface area contributed by atoms with Gasteiger partial charge in [-0.3, -0.25) is 33.6 Å². The Balaban J connectivity index is 0.576. The maximum Gasteiger partial charge on any atom is 0.304 e. The molecule has 38 rings (SSSR count). The van der Waals surface area contributed by atoms with Crippen LogP contribution in [0.3, 0.4) is 0 Å². The van der Waals surface area contributed by atoms with Crippen LogP contribution in [0.1, 0.15) is 204 Å². The lowest BCUT2D eigenvalue weighted by Crippen LogP contribution is -2.58. The molecule has 677 valence electrons. The third-order valence-corrected chi connectivity index (χ3v) is 45.7. The standard InChI is InChI=1S/C111H69N4O19S5/c1-26-99(125)31(21-39(133-26)134-33-25-106(130,27(2)113-114-28-22-104(3,4)115(131)105(5,6)23-28)24-30-41(33)103(129)83-82(101(30)127)100(126)29-9-8-10-32(132-7)40(29)102(83)128)112-34(116)11-16-135-107-84-72-62-52-47-42-43-45-46-44(42)49-56-54(47)64(62)74-76-66(56)68-58(49)60-51(46)61-59-50(45)57-55-48(43)53(52)63-65(55)75-77-67(57)69(59)79-81-71(61)70(60)80-78(68)90-88(76)108(86(74)84,136-17-12-35(117)118)95-94(107)96-98-97(95)110(90,138-19-14-37(121)122)92(80)93(81)111(98,139-20-15-38(123)124)91(79)89(77)109(96,137-18-13-36(119)120)87(75)85(107)73(63)72/h8-10,26,31,33,39,95,99,125,127,129-130H,11-25H2,1-7H3,(H,112,116)(H,117,118)(H,119,120)(H,121,122)(H,123,124)/b113-27+/t26-,31-,33-,39-,95?,99+,106-,107?,108?,109?,110?,111?/m0/s1. The molecule has 23 aromatic rings. The predicted octanol–water partition coefficient (Wildman–Crippen LogP) is 20.1. The van der Waals surface area contributed by atoms with Gasteiger partial charge in [-0.1, -0.05) is 12.1 Å². The molecule has 0 spiro atoms. The second-order valence-corrected chi connectivity index (χ2v) is 51.1. The number of phenols is 2. The van der Waals surface area contributed by atoms with Crippen LogP contribution in [0, 0.1) is 5.92 Å². The highest BCUT2D eigenvalue weighted by molar-refractivity contribution is 8.02. The van der Waals surface area contributed by atoms with Crippen LogP contribution in [-0.4, -0.2) is 176 Å². The zero-order valence-electron chi connectivity index (χ0n) is 74.8. The Labute approximate surface area is 800 Å². The van der Waals surface area contributed by atoms with Crippen LogP contribution in [0.2, 0.25) is 0 Å². The minimum atomic E-state index is -2.05. The van der Waals surface area contributed by atoms with E-state index in [0.717, 1.165) is 21.8 Å². The third kappa shape index (κ3) is 6.69. The van der Waals surface area contributed by atoms with Gasteiger partial charge in [0.1, 0.15) is 29.0 Å². The molecule has 15 aliphatic rings. The molecule has 0 bridgehead atoms. The van der Waals surface area contributed by atoms with Gasteiger partial charge in [0, 0.05) is 107 Å². The van der Waals surface area contributed by atoms with Crippen molar-refractivity contribution in [3.63, 3.8) is 0 Å². The number of methoxy groups -OCH3 is 1. The normalized spacial score (nSPS) is 28.4. The summed E-state index contributed by atoms with van der Waals surface area (Å²) in [5.41, 5.74) is 12.0. The first-order chi connectivity index (χ1) is 66.9. The number of carboxylic acid groups (broad SMARTS) is 4.